The molecule has 0 spiro atoms. The summed E-state index contributed by atoms with van der Waals surface area (Å²) >= 11 is 0. The minimum Gasteiger partial charge on any atom is -0.394 e. The van der Waals surface area contributed by atoms with Crippen LogP contribution in [-0.4, -0.2) is 48.8 Å². The Balaban J connectivity index is 2.53. The first-order chi connectivity index (χ1) is 6.72. The predicted molar refractivity (Wildman–Crippen MR) is 52.0 cm³/mol. The zero-order valence-electron chi connectivity index (χ0n) is 8.85. The number of hydrogen-bond donors (Lipinski definition) is 2. The van der Waals surface area contributed by atoms with E-state index >= 15 is 0 Å². The van der Waals surface area contributed by atoms with E-state index in [0.29, 0.717) is 13.0 Å². The molecule has 14 heavy (non-hydrogen) atoms. The molecule has 2 N–H and O–H groups in total. The number of methoxy groups -OCH3 is 1. The third-order valence-corrected chi connectivity index (χ3v) is 2.85. The molecule has 84 valence electrons. The maximum absolute atomic E-state index is 9.82. The SMILES string of the molecule is CCC1C(O)CC(COC)OC1CO. The Labute approximate surface area is 84.8 Å². The lowest BCUT2D eigenvalue weighted by Crippen LogP contribution is -2.47. The van der Waals surface area contributed by atoms with Crippen LogP contribution in [0.5, 0.6) is 0 Å². The lowest BCUT2D eigenvalue weighted by Gasteiger charge is -2.38. The van der Waals surface area contributed by atoms with Crippen LogP contribution in [0.3, 0.4) is 0 Å². The minimum atomic E-state index is -0.383. The summed E-state index contributed by atoms with van der Waals surface area (Å²) in [6, 6.07) is 0. The van der Waals surface area contributed by atoms with Gasteiger partial charge in [0.1, 0.15) is 0 Å². The van der Waals surface area contributed by atoms with E-state index in [-0.39, 0.29) is 30.8 Å². The van der Waals surface area contributed by atoms with Gasteiger partial charge >= 0.3 is 0 Å². The molecule has 0 amide bonds. The van der Waals surface area contributed by atoms with E-state index in [0.717, 1.165) is 6.42 Å². The van der Waals surface area contributed by atoms with E-state index < -0.39 is 0 Å². The summed E-state index contributed by atoms with van der Waals surface area (Å²) in [4.78, 5) is 0. The van der Waals surface area contributed by atoms with Crippen molar-refractivity contribution in [2.75, 3.05) is 20.3 Å². The predicted octanol–water partition coefficient (Wildman–Crippen LogP) is 0.170. The summed E-state index contributed by atoms with van der Waals surface area (Å²) in [5.41, 5.74) is 0. The highest BCUT2D eigenvalue weighted by atomic mass is 16.5. The lowest BCUT2D eigenvalue weighted by molar-refractivity contribution is -0.163. The third kappa shape index (κ3) is 2.67. The Morgan fingerprint density at radius 2 is 2.21 bits per heavy atom. The van der Waals surface area contributed by atoms with E-state index in [1.54, 1.807) is 7.11 Å². The molecular formula is C10H20O4. The second-order valence-electron chi connectivity index (χ2n) is 3.81. The molecule has 1 aliphatic heterocycles. The van der Waals surface area contributed by atoms with Crippen molar-refractivity contribution in [1.82, 2.24) is 0 Å². The Bertz CT molecular complexity index is 162. The van der Waals surface area contributed by atoms with Gasteiger partial charge in [0, 0.05) is 19.4 Å². The Kier molecular flexibility index (Phi) is 4.81. The van der Waals surface area contributed by atoms with Gasteiger partial charge in [0.15, 0.2) is 0 Å². The number of rotatable bonds is 4. The van der Waals surface area contributed by atoms with E-state index in [9.17, 15) is 5.11 Å². The lowest BCUT2D eigenvalue weighted by atomic mass is 9.87. The van der Waals surface area contributed by atoms with Crippen molar-refractivity contribution in [1.29, 1.82) is 0 Å². The van der Waals surface area contributed by atoms with Gasteiger partial charge in [-0.25, -0.2) is 0 Å². The average molecular weight is 204 g/mol. The summed E-state index contributed by atoms with van der Waals surface area (Å²) in [7, 11) is 1.61. The molecule has 0 aromatic heterocycles. The summed E-state index contributed by atoms with van der Waals surface area (Å²) in [6.07, 6.45) is 0.708. The van der Waals surface area contributed by atoms with E-state index in [4.69, 9.17) is 14.6 Å². The largest absolute Gasteiger partial charge is 0.394 e. The normalized spacial score (nSPS) is 38.6. The van der Waals surface area contributed by atoms with E-state index in [1.807, 2.05) is 6.92 Å². The zero-order chi connectivity index (χ0) is 10.6. The molecule has 0 aromatic carbocycles. The average Bonchev–Trinajstić information content (AvgIpc) is 2.17. The fourth-order valence-corrected chi connectivity index (χ4v) is 2.10. The number of aliphatic hydroxyl groups excluding tert-OH is 2. The van der Waals surface area contributed by atoms with Crippen LogP contribution in [0.15, 0.2) is 0 Å². The van der Waals surface area contributed by atoms with Crippen LogP contribution in [0.4, 0.5) is 0 Å². The maximum Gasteiger partial charge on any atom is 0.0863 e. The van der Waals surface area contributed by atoms with Crippen LogP contribution >= 0.6 is 0 Å². The van der Waals surface area contributed by atoms with Crippen LogP contribution in [0.25, 0.3) is 0 Å². The molecule has 0 radical (unpaired) electrons. The second kappa shape index (κ2) is 5.66. The number of aliphatic hydroxyl groups is 2. The topological polar surface area (TPSA) is 58.9 Å². The van der Waals surface area contributed by atoms with Crippen LogP contribution in [0.1, 0.15) is 19.8 Å². The fraction of sp³-hybridized carbons (Fsp3) is 1.00. The third-order valence-electron chi connectivity index (χ3n) is 2.85. The van der Waals surface area contributed by atoms with Crippen LogP contribution in [0, 0.1) is 5.92 Å². The molecule has 0 bridgehead atoms. The van der Waals surface area contributed by atoms with E-state index in [2.05, 4.69) is 0 Å². The summed E-state index contributed by atoms with van der Waals surface area (Å²) in [5, 5.41) is 18.9. The van der Waals surface area contributed by atoms with Gasteiger partial charge < -0.3 is 19.7 Å². The molecule has 4 nitrogen and oxygen atoms in total. The molecule has 0 aliphatic carbocycles. The molecule has 0 saturated carbocycles. The summed E-state index contributed by atoms with van der Waals surface area (Å²) < 4.78 is 10.6. The van der Waals surface area contributed by atoms with Gasteiger partial charge in [0.25, 0.3) is 0 Å². The van der Waals surface area contributed by atoms with Crippen LogP contribution in [-0.2, 0) is 9.47 Å². The molecule has 4 heteroatoms. The highest BCUT2D eigenvalue weighted by molar-refractivity contribution is 4.84. The van der Waals surface area contributed by atoms with Crippen molar-refractivity contribution in [3.05, 3.63) is 0 Å². The smallest absolute Gasteiger partial charge is 0.0863 e. The zero-order valence-corrected chi connectivity index (χ0v) is 8.85. The Morgan fingerprint density at radius 3 is 2.71 bits per heavy atom. The molecule has 4 unspecified atom stereocenters. The van der Waals surface area contributed by atoms with Crippen LogP contribution < -0.4 is 0 Å². The van der Waals surface area contributed by atoms with Gasteiger partial charge in [0.05, 0.1) is 31.5 Å². The second-order valence-corrected chi connectivity index (χ2v) is 3.81. The molecule has 1 heterocycles. The standard InChI is InChI=1S/C10H20O4/c1-3-8-9(12)4-7(6-13-2)14-10(8)5-11/h7-12H,3-6H2,1-2H3. The molecule has 1 rings (SSSR count). The van der Waals surface area contributed by atoms with Gasteiger partial charge in [-0.1, -0.05) is 6.92 Å². The van der Waals surface area contributed by atoms with Crippen molar-refractivity contribution < 1.29 is 19.7 Å². The Morgan fingerprint density at radius 1 is 1.50 bits per heavy atom. The van der Waals surface area contributed by atoms with Gasteiger partial charge in [-0.3, -0.25) is 0 Å². The quantitative estimate of drug-likeness (QED) is 0.685. The number of ether oxygens (including phenoxy) is 2. The molecule has 1 fully saturated rings. The van der Waals surface area contributed by atoms with Crippen molar-refractivity contribution in [3.8, 4) is 0 Å². The van der Waals surface area contributed by atoms with Crippen molar-refractivity contribution in [3.63, 3.8) is 0 Å². The molecule has 0 aromatic rings. The number of hydrogen-bond acceptors (Lipinski definition) is 4. The minimum absolute atomic E-state index is 0.0320. The highest BCUT2D eigenvalue weighted by Gasteiger charge is 2.36. The van der Waals surface area contributed by atoms with Gasteiger partial charge in [-0.05, 0) is 6.42 Å². The van der Waals surface area contributed by atoms with Gasteiger partial charge in [-0.2, -0.15) is 0 Å². The van der Waals surface area contributed by atoms with Gasteiger partial charge in [0.2, 0.25) is 0 Å². The monoisotopic (exact) mass is 204 g/mol. The Hall–Kier alpha value is -0.160. The molecular weight excluding hydrogens is 184 g/mol. The maximum atomic E-state index is 9.82. The first-order valence-electron chi connectivity index (χ1n) is 5.16. The summed E-state index contributed by atoms with van der Waals surface area (Å²) in [6.45, 7) is 2.44. The van der Waals surface area contributed by atoms with Crippen molar-refractivity contribution >= 4 is 0 Å². The highest BCUT2D eigenvalue weighted by Crippen LogP contribution is 2.27. The van der Waals surface area contributed by atoms with Crippen LogP contribution in [0.2, 0.25) is 0 Å². The molecule has 1 saturated heterocycles. The fourth-order valence-electron chi connectivity index (χ4n) is 2.10. The first-order valence-corrected chi connectivity index (χ1v) is 5.16. The molecule has 1 aliphatic rings. The van der Waals surface area contributed by atoms with Gasteiger partial charge in [-0.15, -0.1) is 0 Å². The first kappa shape index (κ1) is 11.9. The van der Waals surface area contributed by atoms with E-state index in [1.165, 1.54) is 0 Å². The van der Waals surface area contributed by atoms with Crippen molar-refractivity contribution in [2.24, 2.45) is 5.92 Å². The van der Waals surface area contributed by atoms with Crippen molar-refractivity contribution in [2.45, 2.75) is 38.1 Å². The molecule has 4 atom stereocenters. The summed E-state index contributed by atoms with van der Waals surface area (Å²) in [5.74, 6) is 0.0492.